The Morgan fingerprint density at radius 1 is 1.35 bits per heavy atom. The maximum Gasteiger partial charge on any atom is 0.410 e. The number of carbonyl (C=O) groups is 2. The first-order valence-electron chi connectivity index (χ1n) is 7.33. The van der Waals surface area contributed by atoms with Crippen molar-refractivity contribution < 1.29 is 19.4 Å². The predicted octanol–water partition coefficient (Wildman–Crippen LogP) is 2.59. The number of carboxylic acid groups (broad SMARTS) is 1. The molecule has 1 saturated heterocycles. The van der Waals surface area contributed by atoms with Gasteiger partial charge in [0.2, 0.25) is 0 Å². The molecule has 0 unspecified atom stereocenters. The lowest BCUT2D eigenvalue weighted by atomic mass is 9.75. The van der Waals surface area contributed by atoms with E-state index in [1.54, 1.807) is 25.7 Å². The van der Waals surface area contributed by atoms with Crippen LogP contribution >= 0.6 is 15.9 Å². The highest BCUT2D eigenvalue weighted by molar-refractivity contribution is 9.10. The van der Waals surface area contributed by atoms with E-state index in [1.807, 2.05) is 0 Å². The SMILES string of the molecule is CC(C)(C)OC(=O)N1CCC(C(=O)O)(c2ncncc2Br)CC1. The van der Waals surface area contributed by atoms with Crippen LogP contribution < -0.4 is 0 Å². The summed E-state index contributed by atoms with van der Waals surface area (Å²) in [6.07, 6.45) is 3.00. The Kier molecular flexibility index (Phi) is 4.93. The monoisotopic (exact) mass is 385 g/mol. The first-order chi connectivity index (χ1) is 10.7. The molecule has 7 nitrogen and oxygen atoms in total. The first kappa shape index (κ1) is 17.7. The Hall–Kier alpha value is -1.70. The summed E-state index contributed by atoms with van der Waals surface area (Å²) in [7, 11) is 0. The number of ether oxygens (including phenoxy) is 1. The Morgan fingerprint density at radius 2 is 1.96 bits per heavy atom. The van der Waals surface area contributed by atoms with E-state index in [-0.39, 0.29) is 12.8 Å². The van der Waals surface area contributed by atoms with Gasteiger partial charge in [-0.2, -0.15) is 0 Å². The number of amides is 1. The second-order valence-electron chi connectivity index (χ2n) is 6.57. The minimum absolute atomic E-state index is 0.275. The normalized spacial score (nSPS) is 17.7. The third-order valence-corrected chi connectivity index (χ3v) is 4.38. The Bertz CT molecular complexity index is 607. The summed E-state index contributed by atoms with van der Waals surface area (Å²) in [6.45, 7) is 6.01. The molecule has 126 valence electrons. The third kappa shape index (κ3) is 3.80. The molecule has 0 spiro atoms. The van der Waals surface area contributed by atoms with E-state index in [0.717, 1.165) is 0 Å². The number of aromatic nitrogens is 2. The number of likely N-dealkylation sites (tertiary alicyclic amines) is 1. The van der Waals surface area contributed by atoms with E-state index in [1.165, 1.54) is 12.5 Å². The molecule has 0 atom stereocenters. The van der Waals surface area contributed by atoms with Crippen LogP contribution in [0, 0.1) is 0 Å². The van der Waals surface area contributed by atoms with Crippen molar-refractivity contribution >= 4 is 28.0 Å². The van der Waals surface area contributed by atoms with Gasteiger partial charge in [0, 0.05) is 19.3 Å². The second-order valence-corrected chi connectivity index (χ2v) is 7.43. The fourth-order valence-electron chi connectivity index (χ4n) is 2.61. The minimum Gasteiger partial charge on any atom is -0.481 e. The van der Waals surface area contributed by atoms with Crippen molar-refractivity contribution in [1.82, 2.24) is 14.9 Å². The van der Waals surface area contributed by atoms with E-state index in [2.05, 4.69) is 25.9 Å². The number of aliphatic carboxylic acids is 1. The Labute approximate surface area is 143 Å². The van der Waals surface area contributed by atoms with Gasteiger partial charge in [-0.15, -0.1) is 0 Å². The topological polar surface area (TPSA) is 92.6 Å². The summed E-state index contributed by atoms with van der Waals surface area (Å²) in [4.78, 5) is 33.6. The zero-order valence-corrected chi connectivity index (χ0v) is 15.0. The third-order valence-electron chi connectivity index (χ3n) is 3.80. The second kappa shape index (κ2) is 6.43. The van der Waals surface area contributed by atoms with Gasteiger partial charge in [0.05, 0.1) is 10.2 Å². The molecule has 1 fully saturated rings. The molecule has 1 aromatic heterocycles. The molecule has 8 heteroatoms. The highest BCUT2D eigenvalue weighted by Gasteiger charge is 2.46. The van der Waals surface area contributed by atoms with Gasteiger partial charge >= 0.3 is 12.1 Å². The molecule has 1 N–H and O–H groups in total. The van der Waals surface area contributed by atoms with Crippen LogP contribution in [0.2, 0.25) is 0 Å². The maximum atomic E-state index is 12.1. The van der Waals surface area contributed by atoms with E-state index >= 15 is 0 Å². The van der Waals surface area contributed by atoms with E-state index < -0.39 is 23.1 Å². The van der Waals surface area contributed by atoms with Crippen LogP contribution in [-0.4, -0.2) is 50.7 Å². The number of halogens is 1. The van der Waals surface area contributed by atoms with Crippen LogP contribution in [0.15, 0.2) is 17.0 Å². The summed E-state index contributed by atoms with van der Waals surface area (Å²) in [5, 5.41) is 9.76. The summed E-state index contributed by atoms with van der Waals surface area (Å²) in [5.74, 6) is -0.944. The quantitative estimate of drug-likeness (QED) is 0.840. The molecule has 1 aromatic rings. The average molecular weight is 386 g/mol. The standard InChI is InChI=1S/C15H20BrN3O4/c1-14(2,3)23-13(22)19-6-4-15(5-7-19,12(20)21)11-10(16)8-17-9-18-11/h8-9H,4-7H2,1-3H3,(H,20,21). The Balaban J connectivity index is 2.18. The van der Waals surface area contributed by atoms with Gasteiger partial charge in [0.1, 0.15) is 17.3 Å². The van der Waals surface area contributed by atoms with E-state index in [4.69, 9.17) is 4.74 Å². The molecular formula is C15H20BrN3O4. The summed E-state index contributed by atoms with van der Waals surface area (Å²) in [5.41, 5.74) is -1.25. The molecule has 1 amide bonds. The molecule has 0 aliphatic carbocycles. The van der Waals surface area contributed by atoms with Crippen molar-refractivity contribution in [2.75, 3.05) is 13.1 Å². The highest BCUT2D eigenvalue weighted by atomic mass is 79.9. The number of nitrogens with zero attached hydrogens (tertiary/aromatic N) is 3. The van der Waals surface area contributed by atoms with Crippen LogP contribution in [0.3, 0.4) is 0 Å². The van der Waals surface area contributed by atoms with E-state index in [9.17, 15) is 14.7 Å². The van der Waals surface area contributed by atoms with Crippen LogP contribution in [0.4, 0.5) is 4.79 Å². The van der Waals surface area contributed by atoms with Crippen molar-refractivity contribution in [2.45, 2.75) is 44.6 Å². The van der Waals surface area contributed by atoms with Crippen LogP contribution in [0.25, 0.3) is 0 Å². The van der Waals surface area contributed by atoms with Gasteiger partial charge in [-0.3, -0.25) is 4.79 Å². The lowest BCUT2D eigenvalue weighted by Gasteiger charge is -2.39. The van der Waals surface area contributed by atoms with Crippen molar-refractivity contribution in [3.05, 3.63) is 22.7 Å². The molecule has 0 radical (unpaired) electrons. The number of hydrogen-bond donors (Lipinski definition) is 1. The molecule has 0 aromatic carbocycles. The average Bonchev–Trinajstić information content (AvgIpc) is 2.46. The van der Waals surface area contributed by atoms with Gasteiger partial charge in [-0.05, 0) is 49.5 Å². The van der Waals surface area contributed by atoms with E-state index in [0.29, 0.717) is 23.3 Å². The lowest BCUT2D eigenvalue weighted by molar-refractivity contribution is -0.146. The van der Waals surface area contributed by atoms with Crippen LogP contribution in [0.1, 0.15) is 39.3 Å². The summed E-state index contributed by atoms with van der Waals surface area (Å²) < 4.78 is 5.90. The Morgan fingerprint density at radius 3 is 2.43 bits per heavy atom. The molecule has 2 rings (SSSR count). The summed E-state index contributed by atoms with van der Waals surface area (Å²) in [6, 6.07) is 0. The molecule has 23 heavy (non-hydrogen) atoms. The van der Waals surface area contributed by atoms with Gasteiger partial charge in [-0.1, -0.05) is 0 Å². The number of piperidine rings is 1. The molecule has 1 aliphatic heterocycles. The number of hydrogen-bond acceptors (Lipinski definition) is 5. The van der Waals surface area contributed by atoms with Gasteiger partial charge in [0.25, 0.3) is 0 Å². The largest absolute Gasteiger partial charge is 0.481 e. The number of carbonyl (C=O) groups excluding carboxylic acids is 1. The number of carboxylic acids is 1. The van der Waals surface area contributed by atoms with Crippen LogP contribution in [-0.2, 0) is 14.9 Å². The highest BCUT2D eigenvalue weighted by Crippen LogP contribution is 2.38. The van der Waals surface area contributed by atoms with Crippen LogP contribution in [0.5, 0.6) is 0 Å². The number of rotatable bonds is 2. The fraction of sp³-hybridized carbons (Fsp3) is 0.600. The molecule has 1 aliphatic rings. The fourth-order valence-corrected chi connectivity index (χ4v) is 3.21. The van der Waals surface area contributed by atoms with Gasteiger partial charge in [0.15, 0.2) is 0 Å². The van der Waals surface area contributed by atoms with Gasteiger partial charge < -0.3 is 14.7 Å². The predicted molar refractivity (Wildman–Crippen MR) is 86.1 cm³/mol. The summed E-state index contributed by atoms with van der Waals surface area (Å²) >= 11 is 3.33. The van der Waals surface area contributed by atoms with Crippen molar-refractivity contribution in [3.8, 4) is 0 Å². The zero-order valence-electron chi connectivity index (χ0n) is 13.4. The minimum atomic E-state index is -1.12. The smallest absolute Gasteiger partial charge is 0.410 e. The molecule has 0 bridgehead atoms. The van der Waals surface area contributed by atoms with Crippen molar-refractivity contribution in [2.24, 2.45) is 0 Å². The molecule has 2 heterocycles. The molecule has 0 saturated carbocycles. The van der Waals surface area contributed by atoms with Crippen molar-refractivity contribution in [1.29, 1.82) is 0 Å². The van der Waals surface area contributed by atoms with Gasteiger partial charge in [-0.25, -0.2) is 14.8 Å². The zero-order chi connectivity index (χ0) is 17.3. The molecular weight excluding hydrogens is 366 g/mol. The first-order valence-corrected chi connectivity index (χ1v) is 8.12. The maximum absolute atomic E-state index is 12.1. The van der Waals surface area contributed by atoms with Crippen molar-refractivity contribution in [3.63, 3.8) is 0 Å². The lowest BCUT2D eigenvalue weighted by Crippen LogP contribution is -2.50.